The van der Waals surface area contributed by atoms with Crippen molar-refractivity contribution in [2.45, 2.75) is 19.4 Å². The molecule has 1 aromatic heterocycles. The van der Waals surface area contributed by atoms with Crippen LogP contribution in [0.15, 0.2) is 60.9 Å². The number of nitrogens with zero attached hydrogens (tertiary/aromatic N) is 3. The minimum absolute atomic E-state index is 0.0894. The number of benzene rings is 2. The van der Waals surface area contributed by atoms with Gasteiger partial charge in [0.25, 0.3) is 0 Å². The van der Waals surface area contributed by atoms with Gasteiger partial charge in [-0.15, -0.1) is 5.10 Å². The zero-order valence-corrected chi connectivity index (χ0v) is 13.3. The number of rotatable bonds is 5. The highest BCUT2D eigenvalue weighted by atomic mass is 16.3. The summed E-state index contributed by atoms with van der Waals surface area (Å²) in [4.78, 5) is 12.1. The smallest absolute Gasteiger partial charge is 0.224 e. The first-order valence-electron chi connectivity index (χ1n) is 7.66. The van der Waals surface area contributed by atoms with Gasteiger partial charge in [0.1, 0.15) is 5.75 Å². The van der Waals surface area contributed by atoms with Crippen LogP contribution >= 0.6 is 0 Å². The van der Waals surface area contributed by atoms with Crippen LogP contribution in [0.4, 0.5) is 0 Å². The van der Waals surface area contributed by atoms with Crippen LogP contribution in [0.5, 0.6) is 5.75 Å². The number of phenolic OH excluding ortho intramolecular Hbond substituents is 1. The SMILES string of the molecule is CC(NC(=O)Cc1cccc(O)c1)c1ccc(-n2ccnn2)cc1. The molecule has 0 spiro atoms. The van der Waals surface area contributed by atoms with Crippen LogP contribution < -0.4 is 5.32 Å². The lowest BCUT2D eigenvalue weighted by Crippen LogP contribution is -2.28. The summed E-state index contributed by atoms with van der Waals surface area (Å²) in [5, 5.41) is 20.1. The molecule has 0 aliphatic carbocycles. The fourth-order valence-corrected chi connectivity index (χ4v) is 2.49. The molecule has 2 aromatic carbocycles. The van der Waals surface area contributed by atoms with E-state index in [-0.39, 0.29) is 24.1 Å². The molecule has 0 saturated heterocycles. The number of hydrogen-bond donors (Lipinski definition) is 2. The Morgan fingerprint density at radius 3 is 2.71 bits per heavy atom. The first-order chi connectivity index (χ1) is 11.6. The Hall–Kier alpha value is -3.15. The van der Waals surface area contributed by atoms with Crippen molar-refractivity contribution in [1.82, 2.24) is 20.3 Å². The third-order valence-corrected chi connectivity index (χ3v) is 3.73. The Balaban J connectivity index is 1.62. The van der Waals surface area contributed by atoms with Gasteiger partial charge in [0.05, 0.1) is 30.5 Å². The summed E-state index contributed by atoms with van der Waals surface area (Å²) in [6.45, 7) is 1.94. The fourth-order valence-electron chi connectivity index (χ4n) is 2.49. The number of aromatic nitrogens is 3. The van der Waals surface area contributed by atoms with E-state index in [9.17, 15) is 9.90 Å². The summed E-state index contributed by atoms with van der Waals surface area (Å²) in [7, 11) is 0. The van der Waals surface area contributed by atoms with Crippen molar-refractivity contribution in [3.05, 3.63) is 72.1 Å². The van der Waals surface area contributed by atoms with E-state index >= 15 is 0 Å². The number of aromatic hydroxyl groups is 1. The van der Waals surface area contributed by atoms with Crippen molar-refractivity contribution in [3.8, 4) is 11.4 Å². The molecule has 0 aliphatic rings. The molecule has 3 rings (SSSR count). The summed E-state index contributed by atoms with van der Waals surface area (Å²) in [5.41, 5.74) is 2.69. The van der Waals surface area contributed by atoms with Crippen molar-refractivity contribution in [3.63, 3.8) is 0 Å². The van der Waals surface area contributed by atoms with E-state index in [1.165, 1.54) is 0 Å². The van der Waals surface area contributed by atoms with E-state index in [1.54, 1.807) is 35.3 Å². The predicted molar refractivity (Wildman–Crippen MR) is 89.7 cm³/mol. The summed E-state index contributed by atoms with van der Waals surface area (Å²) < 4.78 is 1.68. The summed E-state index contributed by atoms with van der Waals surface area (Å²) >= 11 is 0. The number of nitrogens with one attached hydrogen (secondary N) is 1. The van der Waals surface area contributed by atoms with E-state index in [0.29, 0.717) is 0 Å². The minimum Gasteiger partial charge on any atom is -0.508 e. The molecule has 6 heteroatoms. The molecule has 6 nitrogen and oxygen atoms in total. The Labute approximate surface area is 139 Å². The standard InChI is InChI=1S/C18H18N4O2/c1-13(20-18(24)12-14-3-2-4-17(23)11-14)15-5-7-16(8-6-15)22-10-9-19-21-22/h2-11,13,23H,12H2,1H3,(H,20,24). The minimum atomic E-state index is -0.111. The van der Waals surface area contributed by atoms with Gasteiger partial charge in [0.15, 0.2) is 0 Å². The van der Waals surface area contributed by atoms with Crippen LogP contribution in [-0.2, 0) is 11.2 Å². The van der Waals surface area contributed by atoms with Gasteiger partial charge in [0.2, 0.25) is 5.91 Å². The second-order valence-corrected chi connectivity index (χ2v) is 5.58. The topological polar surface area (TPSA) is 80.0 Å². The molecule has 1 atom stereocenters. The number of amides is 1. The summed E-state index contributed by atoms with van der Waals surface area (Å²) in [6.07, 6.45) is 3.63. The molecular formula is C18H18N4O2. The lowest BCUT2D eigenvalue weighted by molar-refractivity contribution is -0.121. The highest BCUT2D eigenvalue weighted by Gasteiger charge is 2.11. The highest BCUT2D eigenvalue weighted by Crippen LogP contribution is 2.16. The molecule has 0 radical (unpaired) electrons. The first-order valence-corrected chi connectivity index (χ1v) is 7.66. The van der Waals surface area contributed by atoms with Gasteiger partial charge in [-0.05, 0) is 42.3 Å². The first kappa shape index (κ1) is 15.7. The Bertz CT molecular complexity index is 813. The van der Waals surface area contributed by atoms with E-state index in [2.05, 4.69) is 15.6 Å². The number of carbonyl (C=O) groups is 1. The zero-order valence-electron chi connectivity index (χ0n) is 13.3. The molecule has 0 saturated carbocycles. The van der Waals surface area contributed by atoms with Crippen molar-refractivity contribution >= 4 is 5.91 Å². The van der Waals surface area contributed by atoms with Crippen molar-refractivity contribution < 1.29 is 9.90 Å². The number of hydrogen-bond acceptors (Lipinski definition) is 4. The number of phenols is 1. The van der Waals surface area contributed by atoms with Gasteiger partial charge in [-0.3, -0.25) is 4.79 Å². The van der Waals surface area contributed by atoms with Gasteiger partial charge >= 0.3 is 0 Å². The Kier molecular flexibility index (Phi) is 4.56. The van der Waals surface area contributed by atoms with Crippen LogP contribution in [-0.4, -0.2) is 26.0 Å². The van der Waals surface area contributed by atoms with E-state index in [0.717, 1.165) is 16.8 Å². The maximum atomic E-state index is 12.1. The van der Waals surface area contributed by atoms with Crippen LogP contribution in [0.1, 0.15) is 24.1 Å². The van der Waals surface area contributed by atoms with Gasteiger partial charge in [0, 0.05) is 0 Å². The molecule has 0 bridgehead atoms. The van der Waals surface area contributed by atoms with Gasteiger partial charge < -0.3 is 10.4 Å². The molecule has 24 heavy (non-hydrogen) atoms. The average molecular weight is 322 g/mol. The maximum Gasteiger partial charge on any atom is 0.224 e. The highest BCUT2D eigenvalue weighted by molar-refractivity contribution is 5.79. The maximum absolute atomic E-state index is 12.1. The van der Waals surface area contributed by atoms with Crippen LogP contribution in [0.2, 0.25) is 0 Å². The third-order valence-electron chi connectivity index (χ3n) is 3.73. The molecule has 0 aliphatic heterocycles. The van der Waals surface area contributed by atoms with E-state index < -0.39 is 0 Å². The summed E-state index contributed by atoms with van der Waals surface area (Å²) in [6, 6.07) is 14.4. The quantitative estimate of drug-likeness (QED) is 0.756. The Morgan fingerprint density at radius 2 is 2.04 bits per heavy atom. The second-order valence-electron chi connectivity index (χ2n) is 5.58. The van der Waals surface area contributed by atoms with Crippen molar-refractivity contribution in [1.29, 1.82) is 0 Å². The van der Waals surface area contributed by atoms with Crippen LogP contribution in [0.25, 0.3) is 5.69 Å². The zero-order chi connectivity index (χ0) is 16.9. The van der Waals surface area contributed by atoms with Crippen molar-refractivity contribution in [2.24, 2.45) is 0 Å². The number of carbonyl (C=O) groups excluding carboxylic acids is 1. The van der Waals surface area contributed by atoms with Gasteiger partial charge in [-0.2, -0.15) is 0 Å². The normalized spacial score (nSPS) is 11.9. The molecule has 1 heterocycles. The molecule has 0 fully saturated rings. The second kappa shape index (κ2) is 6.95. The lowest BCUT2D eigenvalue weighted by atomic mass is 10.1. The molecule has 2 N–H and O–H groups in total. The molecule has 3 aromatic rings. The van der Waals surface area contributed by atoms with Crippen LogP contribution in [0, 0.1) is 0 Å². The fraction of sp³-hybridized carbons (Fsp3) is 0.167. The van der Waals surface area contributed by atoms with Crippen LogP contribution in [0.3, 0.4) is 0 Å². The van der Waals surface area contributed by atoms with Gasteiger partial charge in [-0.25, -0.2) is 4.68 Å². The van der Waals surface area contributed by atoms with Crippen molar-refractivity contribution in [2.75, 3.05) is 0 Å². The monoisotopic (exact) mass is 322 g/mol. The van der Waals surface area contributed by atoms with E-state index in [4.69, 9.17) is 0 Å². The Morgan fingerprint density at radius 1 is 1.25 bits per heavy atom. The lowest BCUT2D eigenvalue weighted by Gasteiger charge is -2.15. The summed E-state index contributed by atoms with van der Waals surface area (Å²) in [5.74, 6) is 0.0745. The largest absolute Gasteiger partial charge is 0.508 e. The molecular weight excluding hydrogens is 304 g/mol. The molecule has 1 amide bonds. The predicted octanol–water partition coefficient (Wildman–Crippen LogP) is 2.39. The van der Waals surface area contributed by atoms with Gasteiger partial charge in [-0.1, -0.05) is 29.5 Å². The average Bonchev–Trinajstić information content (AvgIpc) is 3.09. The van der Waals surface area contributed by atoms with E-state index in [1.807, 2.05) is 37.3 Å². The third kappa shape index (κ3) is 3.78. The molecule has 1 unspecified atom stereocenters. The molecule has 122 valence electrons.